The number of imide groups is 1. The number of halogens is 1. The minimum absolute atomic E-state index is 0.0459. The molecule has 4 atom stereocenters. The van der Waals surface area contributed by atoms with Crippen LogP contribution < -0.4 is 15.2 Å². The summed E-state index contributed by atoms with van der Waals surface area (Å²) in [7, 11) is 0. The quantitative estimate of drug-likeness (QED) is 0.500. The molecule has 9 heteroatoms. The molecule has 8 nitrogen and oxygen atoms in total. The van der Waals surface area contributed by atoms with Crippen LogP contribution in [0.4, 0.5) is 11.4 Å². The van der Waals surface area contributed by atoms with Gasteiger partial charge in [-0.15, -0.1) is 0 Å². The predicted molar refractivity (Wildman–Crippen MR) is 138 cm³/mol. The number of carbonyl (C=O) groups is 4. The molecular formula is C28H21BrN4O4. The van der Waals surface area contributed by atoms with E-state index < -0.39 is 29.3 Å². The molecule has 1 N–H and O–H groups in total. The lowest BCUT2D eigenvalue weighted by Crippen LogP contribution is -2.59. The molecule has 184 valence electrons. The van der Waals surface area contributed by atoms with E-state index in [1.807, 2.05) is 54.6 Å². The van der Waals surface area contributed by atoms with Gasteiger partial charge in [-0.25, -0.2) is 4.90 Å². The number of hydrogen-bond donors (Lipinski definition) is 1. The number of carbonyl (C=O) groups excluding carboxylic acids is 4. The molecule has 1 spiro atoms. The molecule has 0 saturated carbocycles. The van der Waals surface area contributed by atoms with Crippen LogP contribution in [0.15, 0.2) is 83.3 Å². The van der Waals surface area contributed by atoms with Crippen LogP contribution in [-0.2, 0) is 31.3 Å². The van der Waals surface area contributed by atoms with Gasteiger partial charge in [0, 0.05) is 22.1 Å². The molecule has 7 rings (SSSR count). The second-order valence-electron chi connectivity index (χ2n) is 9.83. The molecule has 4 aliphatic rings. The third kappa shape index (κ3) is 2.86. The van der Waals surface area contributed by atoms with Crippen LogP contribution in [-0.4, -0.2) is 34.7 Å². The molecule has 4 aliphatic heterocycles. The topological polar surface area (TPSA) is 90.0 Å². The van der Waals surface area contributed by atoms with Crippen molar-refractivity contribution in [3.63, 3.8) is 0 Å². The van der Waals surface area contributed by atoms with E-state index in [0.29, 0.717) is 23.5 Å². The Labute approximate surface area is 220 Å². The summed E-state index contributed by atoms with van der Waals surface area (Å²) in [6, 6.07) is 23.3. The van der Waals surface area contributed by atoms with Gasteiger partial charge in [0.1, 0.15) is 0 Å². The van der Waals surface area contributed by atoms with Gasteiger partial charge in [0.25, 0.3) is 5.91 Å². The summed E-state index contributed by atoms with van der Waals surface area (Å²) in [5.74, 6) is -3.18. The first-order valence-corrected chi connectivity index (χ1v) is 12.9. The van der Waals surface area contributed by atoms with E-state index in [4.69, 9.17) is 0 Å². The zero-order chi connectivity index (χ0) is 25.5. The van der Waals surface area contributed by atoms with Gasteiger partial charge in [-0.2, -0.15) is 5.01 Å². The van der Waals surface area contributed by atoms with Gasteiger partial charge in [-0.1, -0.05) is 64.5 Å². The average molecular weight is 557 g/mol. The summed E-state index contributed by atoms with van der Waals surface area (Å²) < 4.78 is 0.820. The van der Waals surface area contributed by atoms with Crippen LogP contribution in [0.1, 0.15) is 17.5 Å². The molecule has 3 saturated heterocycles. The maximum absolute atomic E-state index is 14.6. The van der Waals surface area contributed by atoms with Gasteiger partial charge >= 0.3 is 0 Å². The van der Waals surface area contributed by atoms with Crippen molar-refractivity contribution >= 4 is 50.9 Å². The first kappa shape index (κ1) is 22.4. The van der Waals surface area contributed by atoms with E-state index in [-0.39, 0.29) is 24.1 Å². The second-order valence-corrected chi connectivity index (χ2v) is 10.7. The number of anilines is 2. The van der Waals surface area contributed by atoms with Crippen molar-refractivity contribution in [2.45, 2.75) is 24.5 Å². The predicted octanol–water partition coefficient (Wildman–Crippen LogP) is 3.12. The fourth-order valence-corrected chi connectivity index (χ4v) is 6.88. The van der Waals surface area contributed by atoms with Crippen molar-refractivity contribution in [2.75, 3.05) is 9.80 Å². The maximum Gasteiger partial charge on any atom is 0.255 e. The highest BCUT2D eigenvalue weighted by Gasteiger charge is 2.77. The first-order valence-electron chi connectivity index (χ1n) is 12.1. The summed E-state index contributed by atoms with van der Waals surface area (Å²) >= 11 is 3.39. The standard InChI is InChI=1S/C28H21BrN4O4/c29-17-10-12-18(13-11-17)32-25(35)23-21-14-22(34)30-33(21)28(24(23)26(32)36)19-8-4-5-9-20(19)31(27(28)37)15-16-6-2-1-3-7-16/h1-13,21,23-24H,14-15H2,(H,30,34)/t21?,23?,24?,28-/m0/s1. The lowest BCUT2D eigenvalue weighted by Gasteiger charge is -2.36. The third-order valence-corrected chi connectivity index (χ3v) is 8.54. The van der Waals surface area contributed by atoms with Crippen molar-refractivity contribution < 1.29 is 19.2 Å². The molecule has 0 bridgehead atoms. The number of nitrogens with one attached hydrogen (secondary N) is 1. The largest absolute Gasteiger partial charge is 0.306 e. The van der Waals surface area contributed by atoms with Crippen molar-refractivity contribution in [2.24, 2.45) is 11.8 Å². The number of hydrazine groups is 1. The fraction of sp³-hybridized carbons (Fsp3) is 0.214. The SMILES string of the molecule is O=C1CC2C3C(=O)N(c4ccc(Br)cc4)C(=O)C3[C@@]3(C(=O)N(Cc4ccccc4)c4ccccc43)N2N1. The molecule has 3 aromatic rings. The van der Waals surface area contributed by atoms with E-state index in [1.165, 1.54) is 4.90 Å². The van der Waals surface area contributed by atoms with Crippen LogP contribution in [0.3, 0.4) is 0 Å². The van der Waals surface area contributed by atoms with Crippen LogP contribution in [0, 0.1) is 11.8 Å². The Balaban J connectivity index is 1.41. The molecule has 37 heavy (non-hydrogen) atoms. The Bertz CT molecular complexity index is 1490. The summed E-state index contributed by atoms with van der Waals surface area (Å²) in [6.45, 7) is 0.306. The molecular weight excluding hydrogens is 536 g/mol. The molecule has 4 amide bonds. The smallest absolute Gasteiger partial charge is 0.255 e. The number of rotatable bonds is 3. The average Bonchev–Trinajstić information content (AvgIpc) is 3.56. The van der Waals surface area contributed by atoms with Crippen LogP contribution in [0.25, 0.3) is 0 Å². The van der Waals surface area contributed by atoms with E-state index in [1.54, 1.807) is 34.2 Å². The Morgan fingerprint density at radius 2 is 1.57 bits per heavy atom. The zero-order valence-corrected chi connectivity index (χ0v) is 21.1. The lowest BCUT2D eigenvalue weighted by atomic mass is 9.76. The minimum Gasteiger partial charge on any atom is -0.306 e. The van der Waals surface area contributed by atoms with E-state index in [9.17, 15) is 19.2 Å². The zero-order valence-electron chi connectivity index (χ0n) is 19.5. The highest BCUT2D eigenvalue weighted by Crippen LogP contribution is 2.60. The summed E-state index contributed by atoms with van der Waals surface area (Å²) in [6.07, 6.45) is 0.0459. The highest BCUT2D eigenvalue weighted by atomic mass is 79.9. The minimum atomic E-state index is -1.51. The van der Waals surface area contributed by atoms with Gasteiger partial charge in [-0.05, 0) is 35.9 Å². The van der Waals surface area contributed by atoms with Gasteiger partial charge < -0.3 is 4.90 Å². The van der Waals surface area contributed by atoms with Crippen molar-refractivity contribution in [3.8, 4) is 0 Å². The lowest BCUT2D eigenvalue weighted by molar-refractivity contribution is -0.140. The van der Waals surface area contributed by atoms with Gasteiger partial charge in [-0.3, -0.25) is 24.6 Å². The van der Waals surface area contributed by atoms with E-state index in [2.05, 4.69) is 21.4 Å². The Morgan fingerprint density at radius 3 is 2.32 bits per heavy atom. The number of para-hydroxylation sites is 1. The molecule has 0 radical (unpaired) electrons. The maximum atomic E-state index is 14.6. The molecule has 3 unspecified atom stereocenters. The van der Waals surface area contributed by atoms with Crippen molar-refractivity contribution in [3.05, 3.63) is 94.5 Å². The fourth-order valence-electron chi connectivity index (χ4n) is 6.61. The molecule has 4 heterocycles. The van der Waals surface area contributed by atoms with E-state index in [0.717, 1.165) is 10.0 Å². The summed E-state index contributed by atoms with van der Waals surface area (Å²) in [5.41, 5.74) is 4.04. The van der Waals surface area contributed by atoms with Crippen LogP contribution >= 0.6 is 15.9 Å². The Kier molecular flexibility index (Phi) is 4.74. The van der Waals surface area contributed by atoms with Crippen molar-refractivity contribution in [1.82, 2.24) is 10.4 Å². The number of nitrogens with zero attached hydrogens (tertiary/aromatic N) is 3. The Hall–Kier alpha value is -3.82. The molecule has 0 aromatic heterocycles. The third-order valence-electron chi connectivity index (χ3n) is 8.01. The Morgan fingerprint density at radius 1 is 0.865 bits per heavy atom. The number of hydrogen-bond acceptors (Lipinski definition) is 5. The molecule has 3 fully saturated rings. The first-order chi connectivity index (χ1) is 17.9. The van der Waals surface area contributed by atoms with Crippen molar-refractivity contribution in [1.29, 1.82) is 0 Å². The van der Waals surface area contributed by atoms with Crippen LogP contribution in [0.2, 0.25) is 0 Å². The second kappa shape index (κ2) is 7.84. The van der Waals surface area contributed by atoms with Gasteiger partial charge in [0.2, 0.25) is 17.7 Å². The molecule has 0 aliphatic carbocycles. The normalized spacial score (nSPS) is 28.2. The van der Waals surface area contributed by atoms with Gasteiger partial charge in [0.05, 0.1) is 30.1 Å². The number of fused-ring (bicyclic) bond motifs is 7. The number of benzene rings is 3. The molecule has 3 aromatic carbocycles. The highest BCUT2D eigenvalue weighted by molar-refractivity contribution is 9.10. The summed E-state index contributed by atoms with van der Waals surface area (Å²) in [4.78, 5) is 58.1. The van der Waals surface area contributed by atoms with Gasteiger partial charge in [0.15, 0.2) is 5.54 Å². The monoisotopic (exact) mass is 556 g/mol. The van der Waals surface area contributed by atoms with E-state index >= 15 is 0 Å². The number of amides is 4. The van der Waals surface area contributed by atoms with Crippen LogP contribution in [0.5, 0.6) is 0 Å². The summed E-state index contributed by atoms with van der Waals surface area (Å²) in [5, 5.41) is 1.62.